The molecule has 0 aromatic rings. The summed E-state index contributed by atoms with van der Waals surface area (Å²) < 4.78 is 4.89. The lowest BCUT2D eigenvalue weighted by atomic mass is 10.4. The highest BCUT2D eigenvalue weighted by Gasteiger charge is 1.91. The second-order valence-electron chi connectivity index (χ2n) is 3.44. The van der Waals surface area contributed by atoms with Crippen molar-refractivity contribution in [3.8, 4) is 47.4 Å². The first-order valence-corrected chi connectivity index (χ1v) is 6.54. The lowest BCUT2D eigenvalue weighted by Crippen LogP contribution is -1.99. The number of hydrogen-bond donors (Lipinski definition) is 0. The van der Waals surface area contributed by atoms with Crippen LogP contribution in [0, 0.1) is 47.4 Å². The number of rotatable bonds is 3. The minimum Gasteiger partial charge on any atom is -0.458 e. The first kappa shape index (κ1) is 18.7. The third-order valence-electron chi connectivity index (χ3n) is 1.74. The third-order valence-corrected chi connectivity index (χ3v) is 1.74. The highest BCUT2D eigenvalue weighted by atomic mass is 16.5. The molecule has 0 aliphatic rings. The van der Waals surface area contributed by atoms with Gasteiger partial charge in [-0.3, -0.25) is 0 Å². The molecule has 0 spiro atoms. The van der Waals surface area contributed by atoms with E-state index >= 15 is 0 Å². The molecule has 0 unspecified atom stereocenters. The number of allylic oxidation sites excluding steroid dienone is 6. The Bertz CT molecular complexity index is 701. The minimum atomic E-state index is -0.471. The van der Waals surface area contributed by atoms with Crippen molar-refractivity contribution in [3.63, 3.8) is 0 Å². The van der Waals surface area contributed by atoms with Crippen molar-refractivity contribution in [3.05, 3.63) is 48.6 Å². The summed E-state index contributed by atoms with van der Waals surface area (Å²) in [5, 5.41) is 0. The molecule has 0 atom stereocenters. The van der Waals surface area contributed by atoms with Crippen LogP contribution in [0.1, 0.15) is 13.8 Å². The molecule has 0 aromatic heterocycles. The highest BCUT2D eigenvalue weighted by molar-refractivity contribution is 5.82. The molecule has 0 radical (unpaired) electrons. The van der Waals surface area contributed by atoms with E-state index in [9.17, 15) is 4.79 Å². The van der Waals surface area contributed by atoms with Crippen LogP contribution in [0.3, 0.4) is 0 Å². The molecule has 0 fully saturated rings. The number of ether oxygens (including phenoxy) is 1. The molecule has 22 heavy (non-hydrogen) atoms. The molecule has 0 N–H and O–H groups in total. The van der Waals surface area contributed by atoms with Crippen LogP contribution < -0.4 is 0 Å². The molecular formula is C20H16O2. The highest BCUT2D eigenvalue weighted by Crippen LogP contribution is 1.82. The Morgan fingerprint density at radius 2 is 1.32 bits per heavy atom. The van der Waals surface area contributed by atoms with E-state index in [-0.39, 0.29) is 6.61 Å². The Morgan fingerprint density at radius 1 is 0.818 bits per heavy atom. The molecule has 0 saturated carbocycles. The van der Waals surface area contributed by atoms with Gasteiger partial charge in [0.2, 0.25) is 0 Å². The van der Waals surface area contributed by atoms with Gasteiger partial charge in [-0.15, -0.1) is 0 Å². The van der Waals surface area contributed by atoms with Crippen LogP contribution in [-0.4, -0.2) is 12.6 Å². The monoisotopic (exact) mass is 288 g/mol. The van der Waals surface area contributed by atoms with Crippen molar-refractivity contribution in [2.45, 2.75) is 13.8 Å². The van der Waals surface area contributed by atoms with Crippen molar-refractivity contribution in [2.24, 2.45) is 0 Å². The zero-order valence-corrected chi connectivity index (χ0v) is 12.6. The lowest BCUT2D eigenvalue weighted by Gasteiger charge is -1.93. The average molecular weight is 288 g/mol. The molecule has 0 rings (SSSR count). The number of esters is 1. The van der Waals surface area contributed by atoms with Gasteiger partial charge in [0.05, 0.1) is 0 Å². The van der Waals surface area contributed by atoms with E-state index in [1.165, 1.54) is 12.2 Å². The zero-order valence-electron chi connectivity index (χ0n) is 12.6. The molecular weight excluding hydrogens is 272 g/mol. The lowest BCUT2D eigenvalue weighted by molar-refractivity contribution is -0.136. The van der Waals surface area contributed by atoms with E-state index in [4.69, 9.17) is 4.74 Å². The molecule has 0 heterocycles. The summed E-state index contributed by atoms with van der Waals surface area (Å²) in [4.78, 5) is 11.3. The fourth-order valence-corrected chi connectivity index (χ4v) is 0.873. The van der Waals surface area contributed by atoms with Crippen molar-refractivity contribution in [1.82, 2.24) is 0 Å². The van der Waals surface area contributed by atoms with Gasteiger partial charge in [-0.25, -0.2) is 4.79 Å². The topological polar surface area (TPSA) is 26.3 Å². The molecule has 0 amide bonds. The van der Waals surface area contributed by atoms with E-state index < -0.39 is 5.97 Å². The molecule has 2 heteroatoms. The van der Waals surface area contributed by atoms with Crippen LogP contribution in [0.25, 0.3) is 0 Å². The normalized spacial score (nSPS) is 9.36. The first-order chi connectivity index (χ1) is 10.8. The van der Waals surface area contributed by atoms with E-state index in [0.717, 1.165) is 0 Å². The summed E-state index contributed by atoms with van der Waals surface area (Å²) >= 11 is 0. The molecule has 0 aromatic carbocycles. The average Bonchev–Trinajstić information content (AvgIpc) is 2.52. The van der Waals surface area contributed by atoms with Crippen LogP contribution >= 0.6 is 0 Å². The van der Waals surface area contributed by atoms with Crippen LogP contribution in [-0.2, 0) is 9.53 Å². The van der Waals surface area contributed by atoms with Crippen LogP contribution in [0.5, 0.6) is 0 Å². The van der Waals surface area contributed by atoms with Crippen molar-refractivity contribution < 1.29 is 9.53 Å². The van der Waals surface area contributed by atoms with Gasteiger partial charge in [0, 0.05) is 6.08 Å². The second kappa shape index (κ2) is 15.7. The fourth-order valence-electron chi connectivity index (χ4n) is 0.873. The standard InChI is InChI=1S/C20H16O2/c1-3-5-7-9-11-13-15-17-19-22-20(21)18-16-14-12-10-8-6-4-2/h3-6,15-18H,19H2,1-2H3. The van der Waals surface area contributed by atoms with Gasteiger partial charge in [-0.05, 0) is 67.9 Å². The summed E-state index contributed by atoms with van der Waals surface area (Å²) in [7, 11) is 0. The van der Waals surface area contributed by atoms with Crippen LogP contribution in [0.4, 0.5) is 0 Å². The first-order valence-electron chi connectivity index (χ1n) is 6.54. The van der Waals surface area contributed by atoms with E-state index in [2.05, 4.69) is 47.4 Å². The van der Waals surface area contributed by atoms with Crippen LogP contribution in [0.15, 0.2) is 48.6 Å². The van der Waals surface area contributed by atoms with Gasteiger partial charge < -0.3 is 4.74 Å². The second-order valence-corrected chi connectivity index (χ2v) is 3.44. The maximum atomic E-state index is 11.3. The van der Waals surface area contributed by atoms with Crippen LogP contribution in [0.2, 0.25) is 0 Å². The Labute approximate surface area is 132 Å². The number of carbonyl (C=O) groups is 1. The molecule has 0 bridgehead atoms. The number of carbonyl (C=O) groups excluding carboxylic acids is 1. The van der Waals surface area contributed by atoms with Crippen molar-refractivity contribution >= 4 is 5.97 Å². The predicted molar refractivity (Wildman–Crippen MR) is 90.0 cm³/mol. The van der Waals surface area contributed by atoms with Gasteiger partial charge in [0.1, 0.15) is 6.61 Å². The zero-order chi connectivity index (χ0) is 16.3. The van der Waals surface area contributed by atoms with Gasteiger partial charge in [-0.2, -0.15) is 0 Å². The van der Waals surface area contributed by atoms with E-state index in [1.807, 2.05) is 26.0 Å². The largest absolute Gasteiger partial charge is 0.458 e. The maximum absolute atomic E-state index is 11.3. The fraction of sp³-hybridized carbons (Fsp3) is 0.150. The number of hydrogen-bond acceptors (Lipinski definition) is 2. The smallest absolute Gasteiger partial charge is 0.331 e. The quantitative estimate of drug-likeness (QED) is 0.453. The summed E-state index contributed by atoms with van der Waals surface area (Å²) in [5.41, 5.74) is 0. The Morgan fingerprint density at radius 3 is 1.86 bits per heavy atom. The third kappa shape index (κ3) is 14.7. The SMILES string of the molecule is CC=CC#CC#CC=CCOC(=O)C=CC#CC#CC=CC. The molecule has 108 valence electrons. The Balaban J connectivity index is 4.01. The minimum absolute atomic E-state index is 0.147. The van der Waals surface area contributed by atoms with E-state index in [0.29, 0.717) is 0 Å². The molecule has 2 nitrogen and oxygen atoms in total. The summed E-state index contributed by atoms with van der Waals surface area (Å²) in [6.07, 6.45) is 12.9. The molecule has 0 aliphatic carbocycles. The van der Waals surface area contributed by atoms with Crippen molar-refractivity contribution in [2.75, 3.05) is 6.61 Å². The maximum Gasteiger partial charge on any atom is 0.331 e. The Hall–Kier alpha value is -3.33. The van der Waals surface area contributed by atoms with Gasteiger partial charge in [0.15, 0.2) is 0 Å². The van der Waals surface area contributed by atoms with Crippen molar-refractivity contribution in [1.29, 1.82) is 0 Å². The van der Waals surface area contributed by atoms with Gasteiger partial charge >= 0.3 is 5.97 Å². The Kier molecular flexibility index (Phi) is 13.3. The predicted octanol–water partition coefficient (Wildman–Crippen LogP) is 2.81. The summed E-state index contributed by atoms with van der Waals surface area (Å²) in [5.74, 6) is 20.7. The molecule has 0 saturated heterocycles. The summed E-state index contributed by atoms with van der Waals surface area (Å²) in [6.45, 7) is 3.90. The summed E-state index contributed by atoms with van der Waals surface area (Å²) in [6, 6.07) is 0. The van der Waals surface area contributed by atoms with Gasteiger partial charge in [-0.1, -0.05) is 35.8 Å². The van der Waals surface area contributed by atoms with E-state index in [1.54, 1.807) is 24.3 Å². The van der Waals surface area contributed by atoms with Gasteiger partial charge in [0.25, 0.3) is 0 Å². The molecule has 0 aliphatic heterocycles.